The second-order valence-corrected chi connectivity index (χ2v) is 6.74. The molecule has 3 rings (SSSR count). The Morgan fingerprint density at radius 2 is 2.25 bits per heavy atom. The van der Waals surface area contributed by atoms with Crippen LogP contribution in [-0.4, -0.2) is 25.0 Å². The van der Waals surface area contributed by atoms with Gasteiger partial charge in [0.15, 0.2) is 6.61 Å². The average Bonchev–Trinajstić information content (AvgIpc) is 3.03. The molecule has 24 heavy (non-hydrogen) atoms. The third kappa shape index (κ3) is 3.65. The summed E-state index contributed by atoms with van der Waals surface area (Å²) >= 11 is 1.55. The first-order valence-corrected chi connectivity index (χ1v) is 8.45. The number of hydrogen-bond acceptors (Lipinski definition) is 4. The number of nitrogens with one attached hydrogen (secondary N) is 1. The minimum absolute atomic E-state index is 0.0182. The molecule has 0 unspecified atom stereocenters. The number of anilines is 2. The molecule has 1 aromatic heterocycles. The highest BCUT2D eigenvalue weighted by atomic mass is 32.1. The van der Waals surface area contributed by atoms with Gasteiger partial charge in [0, 0.05) is 17.1 Å². The van der Waals surface area contributed by atoms with E-state index in [2.05, 4.69) is 11.9 Å². The SMILES string of the molecule is C=C(C)CN1C(=O)COc2ccc(NC(=O)Cc3cccs3)cc21. The summed E-state index contributed by atoms with van der Waals surface area (Å²) in [6, 6.07) is 9.17. The summed E-state index contributed by atoms with van der Waals surface area (Å²) < 4.78 is 5.46. The number of nitrogens with zero attached hydrogens (tertiary/aromatic N) is 1. The van der Waals surface area contributed by atoms with E-state index in [1.54, 1.807) is 34.4 Å². The van der Waals surface area contributed by atoms with Crippen LogP contribution in [0.4, 0.5) is 11.4 Å². The van der Waals surface area contributed by atoms with Crippen LogP contribution in [0.15, 0.2) is 47.9 Å². The first-order valence-electron chi connectivity index (χ1n) is 7.57. The Balaban J connectivity index is 1.79. The summed E-state index contributed by atoms with van der Waals surface area (Å²) in [7, 11) is 0. The van der Waals surface area contributed by atoms with Gasteiger partial charge in [-0.1, -0.05) is 18.2 Å². The van der Waals surface area contributed by atoms with Crippen molar-refractivity contribution in [2.45, 2.75) is 13.3 Å². The summed E-state index contributed by atoms with van der Waals surface area (Å²) in [6.07, 6.45) is 0.333. The zero-order valence-corrected chi connectivity index (χ0v) is 14.2. The second kappa shape index (κ2) is 6.88. The first-order chi connectivity index (χ1) is 11.5. The largest absolute Gasteiger partial charge is 0.482 e. The van der Waals surface area contributed by atoms with E-state index in [0.717, 1.165) is 10.5 Å². The number of hydrogen-bond donors (Lipinski definition) is 1. The fraction of sp³-hybridized carbons (Fsp3) is 0.222. The van der Waals surface area contributed by atoms with Crippen molar-refractivity contribution in [3.63, 3.8) is 0 Å². The zero-order valence-electron chi connectivity index (χ0n) is 13.4. The first kappa shape index (κ1) is 16.3. The van der Waals surface area contributed by atoms with Crippen molar-refractivity contribution in [1.82, 2.24) is 0 Å². The Labute approximate surface area is 144 Å². The van der Waals surface area contributed by atoms with Gasteiger partial charge < -0.3 is 15.0 Å². The highest BCUT2D eigenvalue weighted by Crippen LogP contribution is 2.35. The summed E-state index contributed by atoms with van der Waals surface area (Å²) in [5.41, 5.74) is 2.17. The maximum absolute atomic E-state index is 12.1. The lowest BCUT2D eigenvalue weighted by Crippen LogP contribution is -2.39. The number of fused-ring (bicyclic) bond motifs is 1. The lowest BCUT2D eigenvalue weighted by atomic mass is 10.2. The Hall–Kier alpha value is -2.60. The number of rotatable bonds is 5. The highest BCUT2D eigenvalue weighted by Gasteiger charge is 2.25. The van der Waals surface area contributed by atoms with Gasteiger partial charge >= 0.3 is 0 Å². The van der Waals surface area contributed by atoms with Crippen molar-refractivity contribution < 1.29 is 14.3 Å². The second-order valence-electron chi connectivity index (χ2n) is 5.71. The molecule has 6 heteroatoms. The van der Waals surface area contributed by atoms with E-state index >= 15 is 0 Å². The topological polar surface area (TPSA) is 58.6 Å². The van der Waals surface area contributed by atoms with E-state index in [-0.39, 0.29) is 18.4 Å². The predicted molar refractivity (Wildman–Crippen MR) is 95.8 cm³/mol. The fourth-order valence-corrected chi connectivity index (χ4v) is 3.20. The molecule has 1 aliphatic rings. The lowest BCUT2D eigenvalue weighted by molar-refractivity contribution is -0.121. The molecule has 0 spiro atoms. The quantitative estimate of drug-likeness (QED) is 0.849. The molecule has 5 nitrogen and oxygen atoms in total. The van der Waals surface area contributed by atoms with Crippen LogP contribution in [-0.2, 0) is 16.0 Å². The van der Waals surface area contributed by atoms with Gasteiger partial charge in [-0.2, -0.15) is 0 Å². The maximum Gasteiger partial charge on any atom is 0.265 e. The molecule has 0 bridgehead atoms. The zero-order chi connectivity index (χ0) is 17.1. The molecule has 1 N–H and O–H groups in total. The number of thiophene rings is 1. The molecule has 2 aromatic rings. The number of carbonyl (C=O) groups is 2. The molecule has 1 aromatic carbocycles. The fourth-order valence-electron chi connectivity index (χ4n) is 2.50. The smallest absolute Gasteiger partial charge is 0.265 e. The predicted octanol–water partition coefficient (Wildman–Crippen LogP) is 3.23. The monoisotopic (exact) mass is 342 g/mol. The van der Waals surface area contributed by atoms with Gasteiger partial charge in [-0.3, -0.25) is 9.59 Å². The van der Waals surface area contributed by atoms with Crippen LogP contribution in [0.2, 0.25) is 0 Å². The minimum atomic E-state index is -0.118. The lowest BCUT2D eigenvalue weighted by Gasteiger charge is -2.30. The third-order valence-electron chi connectivity index (χ3n) is 3.53. The molecule has 0 radical (unpaired) electrons. The molecular weight excluding hydrogens is 324 g/mol. The van der Waals surface area contributed by atoms with E-state index in [4.69, 9.17) is 4.74 Å². The highest BCUT2D eigenvalue weighted by molar-refractivity contribution is 7.10. The molecule has 0 fully saturated rings. The Morgan fingerprint density at radius 1 is 1.42 bits per heavy atom. The van der Waals surface area contributed by atoms with Crippen molar-refractivity contribution in [3.05, 3.63) is 52.7 Å². The third-order valence-corrected chi connectivity index (χ3v) is 4.40. The molecule has 0 saturated heterocycles. The van der Waals surface area contributed by atoms with E-state index in [1.165, 1.54) is 0 Å². The van der Waals surface area contributed by atoms with Crippen LogP contribution in [0.5, 0.6) is 5.75 Å². The number of ether oxygens (including phenoxy) is 1. The molecule has 2 amide bonds. The standard InChI is InChI=1S/C18H18N2O3S/c1-12(2)10-20-15-8-13(5-6-16(15)23-11-18(20)22)19-17(21)9-14-4-3-7-24-14/h3-8H,1,9-11H2,2H3,(H,19,21). The number of carbonyl (C=O) groups excluding carboxylic acids is 2. The summed E-state index contributed by atoms with van der Waals surface area (Å²) in [4.78, 5) is 26.9. The van der Waals surface area contributed by atoms with Gasteiger partial charge in [-0.05, 0) is 36.6 Å². The van der Waals surface area contributed by atoms with Gasteiger partial charge in [-0.25, -0.2) is 0 Å². The van der Waals surface area contributed by atoms with Crippen molar-refractivity contribution >= 4 is 34.5 Å². The number of amides is 2. The molecule has 124 valence electrons. The van der Waals surface area contributed by atoms with Crippen LogP contribution in [0.3, 0.4) is 0 Å². The van der Waals surface area contributed by atoms with Crippen LogP contribution in [0.25, 0.3) is 0 Å². The van der Waals surface area contributed by atoms with Gasteiger partial charge in [0.2, 0.25) is 5.91 Å². The molecule has 0 atom stereocenters. The summed E-state index contributed by atoms with van der Waals surface area (Å²) in [5.74, 6) is 0.423. The van der Waals surface area contributed by atoms with Gasteiger partial charge in [0.1, 0.15) is 5.75 Å². The van der Waals surface area contributed by atoms with Gasteiger partial charge in [0.25, 0.3) is 5.91 Å². The van der Waals surface area contributed by atoms with Crippen molar-refractivity contribution in [2.24, 2.45) is 0 Å². The number of benzene rings is 1. The van der Waals surface area contributed by atoms with Crippen molar-refractivity contribution in [1.29, 1.82) is 0 Å². The van der Waals surface area contributed by atoms with Crippen LogP contribution >= 0.6 is 11.3 Å². The van der Waals surface area contributed by atoms with Crippen molar-refractivity contribution in [2.75, 3.05) is 23.4 Å². The van der Waals surface area contributed by atoms with Crippen LogP contribution in [0, 0.1) is 0 Å². The Kier molecular flexibility index (Phi) is 4.66. The maximum atomic E-state index is 12.1. The van der Waals surface area contributed by atoms with E-state index in [1.807, 2.05) is 24.4 Å². The Bertz CT molecular complexity index is 784. The molecule has 0 aliphatic carbocycles. The molecule has 2 heterocycles. The van der Waals surface area contributed by atoms with Crippen LogP contribution in [0.1, 0.15) is 11.8 Å². The van der Waals surface area contributed by atoms with Crippen molar-refractivity contribution in [3.8, 4) is 5.75 Å². The Morgan fingerprint density at radius 3 is 2.96 bits per heavy atom. The van der Waals surface area contributed by atoms with E-state index in [9.17, 15) is 9.59 Å². The molecular formula is C18H18N2O3S. The van der Waals surface area contributed by atoms with E-state index in [0.29, 0.717) is 30.1 Å². The molecule has 0 saturated carbocycles. The van der Waals surface area contributed by atoms with Crippen LogP contribution < -0.4 is 15.0 Å². The summed E-state index contributed by atoms with van der Waals surface area (Å²) in [5, 5.41) is 4.82. The minimum Gasteiger partial charge on any atom is -0.482 e. The summed E-state index contributed by atoms with van der Waals surface area (Å²) in [6.45, 7) is 6.19. The van der Waals surface area contributed by atoms with Gasteiger partial charge in [0.05, 0.1) is 12.1 Å². The normalized spacial score (nSPS) is 13.2. The average molecular weight is 342 g/mol. The van der Waals surface area contributed by atoms with Gasteiger partial charge in [-0.15, -0.1) is 11.3 Å². The molecule has 1 aliphatic heterocycles. The van der Waals surface area contributed by atoms with E-state index < -0.39 is 0 Å².